The summed E-state index contributed by atoms with van der Waals surface area (Å²) >= 11 is 10.1. The first kappa shape index (κ1) is 26.8. The lowest BCUT2D eigenvalue weighted by Gasteiger charge is -2.15. The minimum atomic E-state index is -2.33. The highest BCUT2D eigenvalue weighted by Crippen LogP contribution is 2.36. The molecule has 0 saturated heterocycles. The van der Waals surface area contributed by atoms with Gasteiger partial charge in [0.2, 0.25) is 5.82 Å². The summed E-state index contributed by atoms with van der Waals surface area (Å²) in [6, 6.07) is 10.6. The smallest absolute Gasteiger partial charge is 0.280 e. The molecule has 3 aromatic carbocycles. The van der Waals surface area contributed by atoms with Gasteiger partial charge in [-0.25, -0.2) is 22.0 Å². The van der Waals surface area contributed by atoms with Crippen LogP contribution in [0, 0.1) is 36.2 Å². The Morgan fingerprint density at radius 2 is 1.56 bits per heavy atom. The predicted molar refractivity (Wildman–Crippen MR) is 142 cm³/mol. The number of hydrogen-bond donors (Lipinski definition) is 0. The maximum atomic E-state index is 14.3. The van der Waals surface area contributed by atoms with Gasteiger partial charge in [0.1, 0.15) is 18.0 Å². The fourth-order valence-electron chi connectivity index (χ4n) is 3.35. The van der Waals surface area contributed by atoms with Crippen LogP contribution < -0.4 is 9.75 Å². The van der Waals surface area contributed by atoms with Crippen LogP contribution in [0.15, 0.2) is 47.1 Å². The SMILES string of the molecule is CC1=NN(c2c(F)c(F)c(F)c(F)c2F)C(=O)/C1=C\c1cc(I)cc(I)c1OCc1ccc(Cl)cc1. The van der Waals surface area contributed by atoms with Gasteiger partial charge in [0.05, 0.1) is 14.9 Å². The second-order valence-corrected chi connectivity index (χ2v) is 10.3. The number of carbonyl (C=O) groups excluding carboxylic acids is 1. The van der Waals surface area contributed by atoms with E-state index in [0.717, 1.165) is 12.7 Å². The summed E-state index contributed by atoms with van der Waals surface area (Å²) in [7, 11) is 0. The zero-order valence-electron chi connectivity index (χ0n) is 18.0. The van der Waals surface area contributed by atoms with E-state index in [-0.39, 0.29) is 22.9 Å². The Hall–Kier alpha value is -2.26. The molecule has 0 radical (unpaired) electrons. The molecule has 3 aromatic rings. The quantitative estimate of drug-likeness (QED) is 0.0888. The maximum absolute atomic E-state index is 14.3. The molecule has 4 nitrogen and oxygen atoms in total. The Morgan fingerprint density at radius 1 is 0.972 bits per heavy atom. The predicted octanol–water partition coefficient (Wildman–Crippen LogP) is 7.63. The second kappa shape index (κ2) is 10.6. The molecule has 4 rings (SSSR count). The molecule has 0 fully saturated rings. The van der Waals surface area contributed by atoms with Crippen LogP contribution in [0.4, 0.5) is 27.6 Å². The van der Waals surface area contributed by atoms with Crippen molar-refractivity contribution in [2.75, 3.05) is 5.01 Å². The number of halogens is 8. The van der Waals surface area contributed by atoms with E-state index in [4.69, 9.17) is 16.3 Å². The third kappa shape index (κ3) is 5.09. The number of anilines is 1. The molecule has 186 valence electrons. The van der Waals surface area contributed by atoms with E-state index in [9.17, 15) is 26.7 Å². The minimum absolute atomic E-state index is 0.0152. The summed E-state index contributed by atoms with van der Waals surface area (Å²) in [5, 5.41) is 4.51. The van der Waals surface area contributed by atoms with E-state index in [1.807, 2.05) is 6.07 Å². The van der Waals surface area contributed by atoms with Crippen molar-refractivity contribution in [1.29, 1.82) is 0 Å². The topological polar surface area (TPSA) is 41.9 Å². The molecule has 1 aliphatic heterocycles. The van der Waals surface area contributed by atoms with Crippen molar-refractivity contribution < 1.29 is 31.5 Å². The highest BCUT2D eigenvalue weighted by molar-refractivity contribution is 14.1. The van der Waals surface area contributed by atoms with Crippen molar-refractivity contribution >= 4 is 80.2 Å². The fourth-order valence-corrected chi connectivity index (χ4v) is 5.52. The number of nitrogens with zero attached hydrogens (tertiary/aromatic N) is 2. The highest BCUT2D eigenvalue weighted by atomic mass is 127. The Morgan fingerprint density at radius 3 is 2.17 bits per heavy atom. The molecule has 0 unspecified atom stereocenters. The maximum Gasteiger partial charge on any atom is 0.280 e. The molecular weight excluding hydrogens is 733 g/mol. The van der Waals surface area contributed by atoms with Gasteiger partial charge in [0.25, 0.3) is 5.91 Å². The number of carbonyl (C=O) groups is 1. The van der Waals surface area contributed by atoms with Crippen LogP contribution in [-0.4, -0.2) is 11.6 Å². The summed E-state index contributed by atoms with van der Waals surface area (Å²) in [4.78, 5) is 13.0. The first-order valence-electron chi connectivity index (χ1n) is 9.99. The molecular formula is C24H12ClF5I2N2O2. The van der Waals surface area contributed by atoms with Crippen molar-refractivity contribution in [3.8, 4) is 5.75 Å². The average Bonchev–Trinajstić information content (AvgIpc) is 3.10. The summed E-state index contributed by atoms with van der Waals surface area (Å²) in [5.41, 5.74) is -0.248. The summed E-state index contributed by atoms with van der Waals surface area (Å²) in [5.74, 6) is -11.6. The number of hydrogen-bond acceptors (Lipinski definition) is 3. The largest absolute Gasteiger partial charge is 0.487 e. The van der Waals surface area contributed by atoms with Crippen LogP contribution in [0.3, 0.4) is 0 Å². The Labute approximate surface area is 234 Å². The molecule has 1 aliphatic rings. The third-order valence-electron chi connectivity index (χ3n) is 5.09. The highest BCUT2D eigenvalue weighted by Gasteiger charge is 2.37. The average molecular weight is 745 g/mol. The van der Waals surface area contributed by atoms with Gasteiger partial charge in [-0.2, -0.15) is 10.1 Å². The minimum Gasteiger partial charge on any atom is -0.487 e. The van der Waals surface area contributed by atoms with Gasteiger partial charge in [0.15, 0.2) is 23.3 Å². The Kier molecular flexibility index (Phi) is 7.90. The van der Waals surface area contributed by atoms with Crippen molar-refractivity contribution in [3.05, 3.63) is 94.3 Å². The number of amides is 1. The lowest BCUT2D eigenvalue weighted by atomic mass is 10.1. The number of rotatable bonds is 5. The standard InChI is InChI=1S/C24H12ClF5I2N2O2/c1-10-15(24(35)34(33-10)22-20(29)18(27)17(26)19(28)21(22)30)7-12-6-14(31)8-16(32)23(12)36-9-11-2-4-13(25)5-3-11/h2-8H,9H2,1H3/b15-7-. The van der Waals surface area contributed by atoms with Gasteiger partial charge in [-0.15, -0.1) is 0 Å². The number of benzene rings is 3. The van der Waals surface area contributed by atoms with E-state index < -0.39 is 40.7 Å². The van der Waals surface area contributed by atoms with Crippen LogP contribution in [0.2, 0.25) is 5.02 Å². The van der Waals surface area contributed by atoms with Crippen molar-refractivity contribution in [3.63, 3.8) is 0 Å². The van der Waals surface area contributed by atoms with E-state index in [1.165, 1.54) is 13.0 Å². The summed E-state index contributed by atoms with van der Waals surface area (Å²) in [6.07, 6.45) is 1.40. The monoisotopic (exact) mass is 744 g/mol. The van der Waals surface area contributed by atoms with Gasteiger partial charge in [-0.1, -0.05) is 23.7 Å². The van der Waals surface area contributed by atoms with Crippen molar-refractivity contribution in [1.82, 2.24) is 0 Å². The molecule has 36 heavy (non-hydrogen) atoms. The van der Waals surface area contributed by atoms with Crippen molar-refractivity contribution in [2.45, 2.75) is 13.5 Å². The van der Waals surface area contributed by atoms with Crippen molar-refractivity contribution in [2.24, 2.45) is 5.10 Å². The van der Waals surface area contributed by atoms with E-state index in [0.29, 0.717) is 16.3 Å². The van der Waals surface area contributed by atoms with Gasteiger partial charge >= 0.3 is 0 Å². The fraction of sp³-hybridized carbons (Fsp3) is 0.0833. The Bertz CT molecular complexity index is 1430. The zero-order valence-corrected chi connectivity index (χ0v) is 23.1. The molecule has 1 amide bonds. The van der Waals surface area contributed by atoms with Crippen LogP contribution in [-0.2, 0) is 11.4 Å². The molecule has 12 heteroatoms. The Balaban J connectivity index is 1.73. The van der Waals surface area contributed by atoms with Gasteiger partial charge in [-0.3, -0.25) is 4.79 Å². The van der Waals surface area contributed by atoms with Gasteiger partial charge in [-0.05, 0) is 88.0 Å². The molecule has 0 bridgehead atoms. The van der Waals surface area contributed by atoms with Gasteiger partial charge < -0.3 is 4.74 Å². The summed E-state index contributed by atoms with van der Waals surface area (Å²) in [6.45, 7) is 1.56. The normalized spacial score (nSPS) is 14.6. The lowest BCUT2D eigenvalue weighted by molar-refractivity contribution is -0.114. The summed E-state index contributed by atoms with van der Waals surface area (Å²) < 4.78 is 77.1. The first-order valence-corrected chi connectivity index (χ1v) is 12.5. The zero-order chi connectivity index (χ0) is 26.3. The molecule has 0 aromatic heterocycles. The van der Waals surface area contributed by atoms with Gasteiger partial charge in [0, 0.05) is 14.2 Å². The number of hydrazone groups is 1. The van der Waals surface area contributed by atoms with Crippen LogP contribution >= 0.6 is 56.8 Å². The molecule has 0 N–H and O–H groups in total. The van der Waals surface area contributed by atoms with Crippen LogP contribution in [0.1, 0.15) is 18.1 Å². The lowest BCUT2D eigenvalue weighted by Crippen LogP contribution is -2.25. The first-order chi connectivity index (χ1) is 17.0. The molecule has 0 saturated carbocycles. The van der Waals surface area contributed by atoms with E-state index in [1.54, 1.807) is 30.3 Å². The van der Waals surface area contributed by atoms with Crippen LogP contribution in [0.25, 0.3) is 6.08 Å². The van der Waals surface area contributed by atoms with Crippen LogP contribution in [0.5, 0.6) is 5.75 Å². The molecule has 1 heterocycles. The second-order valence-electron chi connectivity index (χ2n) is 7.50. The van der Waals surface area contributed by atoms with E-state index in [2.05, 4.69) is 50.3 Å². The number of ether oxygens (including phenoxy) is 1. The third-order valence-corrected chi connectivity index (χ3v) is 6.77. The molecule has 0 atom stereocenters. The van der Waals surface area contributed by atoms with E-state index >= 15 is 0 Å². The molecule has 0 spiro atoms. The molecule has 0 aliphatic carbocycles.